The molecule has 1 heterocycles. The minimum absolute atomic E-state index is 0.108. The van der Waals surface area contributed by atoms with Crippen molar-refractivity contribution in [3.05, 3.63) is 31.1 Å². The van der Waals surface area contributed by atoms with Crippen LogP contribution in [-0.4, -0.2) is 5.11 Å². The summed E-state index contributed by atoms with van der Waals surface area (Å²) in [6.45, 7) is 0.108. The summed E-state index contributed by atoms with van der Waals surface area (Å²) in [5.41, 5.74) is 0. The molecule has 0 saturated heterocycles. The van der Waals surface area contributed by atoms with Gasteiger partial charge in [-0.3, -0.25) is 0 Å². The highest BCUT2D eigenvalue weighted by Gasteiger charge is 2.08. The van der Waals surface area contributed by atoms with E-state index in [1.165, 1.54) is 13.7 Å². The summed E-state index contributed by atoms with van der Waals surface area (Å²) in [6, 6.07) is 6.28. The standard InChI is InChI=1S/C9H6BrIOS/c10-9-6-2-1-5(11)3-7(6)13-8(9)4-12/h1-3,12H,4H2. The van der Waals surface area contributed by atoms with Crippen LogP contribution in [-0.2, 0) is 6.61 Å². The average Bonchev–Trinajstić information content (AvgIpc) is 2.42. The Hall–Kier alpha value is 0.350. The molecule has 0 spiro atoms. The van der Waals surface area contributed by atoms with Crippen LogP contribution in [0.2, 0.25) is 0 Å². The average molecular weight is 369 g/mol. The lowest BCUT2D eigenvalue weighted by Gasteiger charge is -1.91. The number of aliphatic hydroxyl groups excluding tert-OH is 1. The molecule has 13 heavy (non-hydrogen) atoms. The lowest BCUT2D eigenvalue weighted by atomic mass is 10.2. The van der Waals surface area contributed by atoms with Gasteiger partial charge in [0, 0.05) is 23.0 Å². The summed E-state index contributed by atoms with van der Waals surface area (Å²) in [4.78, 5) is 0.997. The third-order valence-electron chi connectivity index (χ3n) is 1.80. The molecule has 2 rings (SSSR count). The molecule has 0 atom stereocenters. The molecule has 0 amide bonds. The summed E-state index contributed by atoms with van der Waals surface area (Å²) in [6.07, 6.45) is 0. The first-order valence-electron chi connectivity index (χ1n) is 3.69. The molecule has 68 valence electrons. The van der Waals surface area contributed by atoms with Crippen molar-refractivity contribution in [3.63, 3.8) is 0 Å². The van der Waals surface area contributed by atoms with E-state index in [1.54, 1.807) is 11.3 Å². The SMILES string of the molecule is OCc1sc2cc(I)ccc2c1Br. The molecule has 0 radical (unpaired) electrons. The topological polar surface area (TPSA) is 20.2 Å². The van der Waals surface area contributed by atoms with Gasteiger partial charge in [0.05, 0.1) is 6.61 Å². The third-order valence-corrected chi connectivity index (χ3v) is 4.78. The number of rotatable bonds is 1. The Morgan fingerprint density at radius 3 is 2.92 bits per heavy atom. The third kappa shape index (κ3) is 1.77. The van der Waals surface area contributed by atoms with Crippen LogP contribution >= 0.6 is 49.9 Å². The van der Waals surface area contributed by atoms with Gasteiger partial charge in [0.15, 0.2) is 0 Å². The normalized spacial score (nSPS) is 11.0. The van der Waals surface area contributed by atoms with Gasteiger partial charge in [-0.05, 0) is 50.7 Å². The van der Waals surface area contributed by atoms with Crippen molar-refractivity contribution < 1.29 is 5.11 Å². The summed E-state index contributed by atoms with van der Waals surface area (Å²) in [5, 5.41) is 10.3. The number of aliphatic hydroxyl groups is 1. The van der Waals surface area contributed by atoms with Crippen molar-refractivity contribution in [3.8, 4) is 0 Å². The number of fused-ring (bicyclic) bond motifs is 1. The molecule has 0 aliphatic carbocycles. The number of benzene rings is 1. The maximum absolute atomic E-state index is 9.07. The van der Waals surface area contributed by atoms with E-state index in [0.29, 0.717) is 0 Å². The second-order valence-corrected chi connectivity index (χ2v) is 5.81. The Balaban J connectivity index is 2.76. The molecular weight excluding hydrogens is 363 g/mol. The van der Waals surface area contributed by atoms with Crippen LogP contribution in [0.3, 0.4) is 0 Å². The predicted molar refractivity (Wildman–Crippen MR) is 68.2 cm³/mol. The van der Waals surface area contributed by atoms with Crippen LogP contribution in [0.25, 0.3) is 10.1 Å². The maximum atomic E-state index is 9.07. The van der Waals surface area contributed by atoms with Crippen LogP contribution in [0.5, 0.6) is 0 Å². The molecule has 1 aromatic heterocycles. The lowest BCUT2D eigenvalue weighted by molar-refractivity contribution is 0.285. The molecular formula is C9H6BrIOS. The van der Waals surface area contributed by atoms with Crippen LogP contribution in [0, 0.1) is 3.57 Å². The molecule has 0 aliphatic heterocycles. The second kappa shape index (κ2) is 3.84. The van der Waals surface area contributed by atoms with Gasteiger partial charge < -0.3 is 5.11 Å². The molecule has 0 fully saturated rings. The smallest absolute Gasteiger partial charge is 0.0786 e. The first-order chi connectivity index (χ1) is 6.22. The zero-order valence-corrected chi connectivity index (χ0v) is 11.1. The fourth-order valence-electron chi connectivity index (χ4n) is 1.19. The monoisotopic (exact) mass is 368 g/mol. The van der Waals surface area contributed by atoms with Gasteiger partial charge in [-0.2, -0.15) is 0 Å². The Kier molecular flexibility index (Phi) is 2.92. The molecule has 1 aromatic carbocycles. The van der Waals surface area contributed by atoms with E-state index in [0.717, 1.165) is 9.35 Å². The van der Waals surface area contributed by atoms with E-state index >= 15 is 0 Å². The molecule has 0 unspecified atom stereocenters. The summed E-state index contributed by atoms with van der Waals surface area (Å²) >= 11 is 7.41. The highest BCUT2D eigenvalue weighted by molar-refractivity contribution is 14.1. The fourth-order valence-corrected chi connectivity index (χ4v) is 3.73. The highest BCUT2D eigenvalue weighted by Crippen LogP contribution is 2.36. The van der Waals surface area contributed by atoms with Gasteiger partial charge in [0.2, 0.25) is 0 Å². The van der Waals surface area contributed by atoms with Crippen molar-refractivity contribution in [1.29, 1.82) is 0 Å². The Bertz CT molecular complexity index is 452. The molecule has 0 bridgehead atoms. The first-order valence-corrected chi connectivity index (χ1v) is 6.38. The number of hydrogen-bond donors (Lipinski definition) is 1. The van der Waals surface area contributed by atoms with Crippen molar-refractivity contribution in [1.82, 2.24) is 0 Å². The van der Waals surface area contributed by atoms with Crippen molar-refractivity contribution >= 4 is 59.9 Å². The predicted octanol–water partition coefficient (Wildman–Crippen LogP) is 3.76. The van der Waals surface area contributed by atoms with E-state index in [4.69, 9.17) is 5.11 Å². The van der Waals surface area contributed by atoms with E-state index < -0.39 is 0 Å². The Morgan fingerprint density at radius 1 is 1.46 bits per heavy atom. The molecule has 2 aromatic rings. The van der Waals surface area contributed by atoms with Crippen molar-refractivity contribution in [2.45, 2.75) is 6.61 Å². The number of halogens is 2. The van der Waals surface area contributed by atoms with Gasteiger partial charge in [-0.25, -0.2) is 0 Å². The van der Waals surface area contributed by atoms with E-state index in [9.17, 15) is 0 Å². The lowest BCUT2D eigenvalue weighted by Crippen LogP contribution is -1.74. The summed E-state index contributed by atoms with van der Waals surface area (Å²) < 4.78 is 3.48. The quantitative estimate of drug-likeness (QED) is 0.760. The minimum atomic E-state index is 0.108. The molecule has 4 heteroatoms. The van der Waals surface area contributed by atoms with Gasteiger partial charge >= 0.3 is 0 Å². The van der Waals surface area contributed by atoms with Gasteiger partial charge in [-0.15, -0.1) is 11.3 Å². The molecule has 1 N–H and O–H groups in total. The Morgan fingerprint density at radius 2 is 2.23 bits per heavy atom. The maximum Gasteiger partial charge on any atom is 0.0786 e. The number of thiophene rings is 1. The first kappa shape index (κ1) is 9.89. The highest BCUT2D eigenvalue weighted by atomic mass is 127. The summed E-state index contributed by atoms with van der Waals surface area (Å²) in [7, 11) is 0. The summed E-state index contributed by atoms with van der Waals surface area (Å²) in [5.74, 6) is 0. The zero-order chi connectivity index (χ0) is 9.42. The van der Waals surface area contributed by atoms with Crippen LogP contribution in [0.15, 0.2) is 22.7 Å². The van der Waals surface area contributed by atoms with Crippen molar-refractivity contribution in [2.24, 2.45) is 0 Å². The number of hydrogen-bond acceptors (Lipinski definition) is 2. The van der Waals surface area contributed by atoms with E-state index in [1.807, 2.05) is 0 Å². The van der Waals surface area contributed by atoms with Gasteiger partial charge in [0.25, 0.3) is 0 Å². The second-order valence-electron chi connectivity index (χ2n) is 2.64. The van der Waals surface area contributed by atoms with Crippen LogP contribution < -0.4 is 0 Å². The van der Waals surface area contributed by atoms with Crippen LogP contribution in [0.1, 0.15) is 4.88 Å². The Labute approximate surface area is 102 Å². The molecule has 0 aliphatic rings. The zero-order valence-electron chi connectivity index (χ0n) is 6.55. The van der Waals surface area contributed by atoms with Crippen molar-refractivity contribution in [2.75, 3.05) is 0 Å². The van der Waals surface area contributed by atoms with E-state index in [2.05, 4.69) is 56.7 Å². The largest absolute Gasteiger partial charge is 0.391 e. The van der Waals surface area contributed by atoms with E-state index in [-0.39, 0.29) is 6.61 Å². The fraction of sp³-hybridized carbons (Fsp3) is 0.111. The molecule has 0 saturated carbocycles. The van der Waals surface area contributed by atoms with Gasteiger partial charge in [-0.1, -0.05) is 6.07 Å². The van der Waals surface area contributed by atoms with Crippen LogP contribution in [0.4, 0.5) is 0 Å². The van der Waals surface area contributed by atoms with Gasteiger partial charge in [0.1, 0.15) is 0 Å². The minimum Gasteiger partial charge on any atom is -0.391 e. The molecule has 1 nitrogen and oxygen atoms in total.